The number of unbranched alkanes of at least 4 members (excludes halogenated alkanes) is 2. The first-order chi connectivity index (χ1) is 12.5. The molecule has 1 fully saturated rings. The molecule has 1 saturated carbocycles. The Balaban J connectivity index is 2.44. The summed E-state index contributed by atoms with van der Waals surface area (Å²) in [6.07, 6.45) is 8.20. The highest BCUT2D eigenvalue weighted by Gasteiger charge is 2.40. The molecule has 1 rings (SSSR count). The zero-order valence-corrected chi connectivity index (χ0v) is 16.1. The van der Waals surface area contributed by atoms with E-state index in [1.807, 2.05) is 6.08 Å². The van der Waals surface area contributed by atoms with Gasteiger partial charge in [-0.3, -0.25) is 4.79 Å². The van der Waals surface area contributed by atoms with Gasteiger partial charge in [-0.2, -0.15) is 0 Å². The maximum atomic E-state index is 11.0. The molecule has 0 aromatic carbocycles. The van der Waals surface area contributed by atoms with E-state index < -0.39 is 18.3 Å². The van der Waals surface area contributed by atoms with E-state index in [9.17, 15) is 20.1 Å². The smallest absolute Gasteiger partial charge is 0.305 e. The molecule has 1 aliphatic rings. The minimum absolute atomic E-state index is 0.0380. The van der Waals surface area contributed by atoms with Crippen LogP contribution in [0.4, 0.5) is 0 Å². The summed E-state index contributed by atoms with van der Waals surface area (Å²) in [5.41, 5.74) is 0. The Bertz CT molecular complexity index is 490. The number of aliphatic hydroxyl groups is 3. The van der Waals surface area contributed by atoms with Crippen LogP contribution < -0.4 is 0 Å². The molecule has 3 N–H and O–H groups in total. The number of esters is 1. The number of rotatable bonds is 10. The van der Waals surface area contributed by atoms with Crippen LogP contribution in [0.5, 0.6) is 0 Å². The molecule has 148 valence electrons. The van der Waals surface area contributed by atoms with Gasteiger partial charge in [0, 0.05) is 25.2 Å². The van der Waals surface area contributed by atoms with E-state index >= 15 is 0 Å². The lowest BCUT2D eigenvalue weighted by Gasteiger charge is -2.20. The van der Waals surface area contributed by atoms with E-state index in [4.69, 9.17) is 0 Å². The van der Waals surface area contributed by atoms with Crippen molar-refractivity contribution in [2.45, 2.75) is 83.0 Å². The van der Waals surface area contributed by atoms with Crippen LogP contribution in [0.3, 0.4) is 0 Å². The van der Waals surface area contributed by atoms with Gasteiger partial charge in [0.15, 0.2) is 0 Å². The van der Waals surface area contributed by atoms with Crippen molar-refractivity contribution >= 4 is 5.97 Å². The van der Waals surface area contributed by atoms with Crippen LogP contribution in [-0.2, 0) is 9.53 Å². The zero-order chi connectivity index (χ0) is 19.4. The highest BCUT2D eigenvalue weighted by Crippen LogP contribution is 2.37. The summed E-state index contributed by atoms with van der Waals surface area (Å²) in [7, 11) is 1.37. The molecular weight excluding hydrogens is 332 g/mol. The second kappa shape index (κ2) is 12.9. The van der Waals surface area contributed by atoms with Crippen LogP contribution >= 0.6 is 0 Å². The molecule has 0 aliphatic heterocycles. The molecule has 5 heteroatoms. The first-order valence-corrected chi connectivity index (χ1v) is 9.73. The summed E-state index contributed by atoms with van der Waals surface area (Å²) in [5, 5.41) is 30.3. The predicted molar refractivity (Wildman–Crippen MR) is 101 cm³/mol. The van der Waals surface area contributed by atoms with Gasteiger partial charge in [0.2, 0.25) is 0 Å². The molecule has 0 bridgehead atoms. The van der Waals surface area contributed by atoms with Crippen molar-refractivity contribution in [2.24, 2.45) is 11.8 Å². The highest BCUT2D eigenvalue weighted by molar-refractivity contribution is 5.69. The van der Waals surface area contributed by atoms with Crippen LogP contribution in [0.2, 0.25) is 0 Å². The lowest BCUT2D eigenvalue weighted by Crippen LogP contribution is -2.21. The van der Waals surface area contributed by atoms with Gasteiger partial charge in [-0.25, -0.2) is 0 Å². The molecule has 0 saturated heterocycles. The fraction of sp³-hybridized carbons (Fsp3) is 0.762. The van der Waals surface area contributed by atoms with Crippen LogP contribution in [-0.4, -0.2) is 46.7 Å². The van der Waals surface area contributed by atoms with Crippen molar-refractivity contribution < 1.29 is 24.9 Å². The van der Waals surface area contributed by atoms with Gasteiger partial charge in [-0.15, -0.1) is 11.8 Å². The summed E-state index contributed by atoms with van der Waals surface area (Å²) in [5.74, 6) is 5.79. The van der Waals surface area contributed by atoms with E-state index in [-0.39, 0.29) is 17.8 Å². The molecule has 1 aliphatic carbocycles. The molecule has 26 heavy (non-hydrogen) atoms. The fourth-order valence-electron chi connectivity index (χ4n) is 3.39. The van der Waals surface area contributed by atoms with Gasteiger partial charge in [0.05, 0.1) is 25.4 Å². The number of aliphatic hydroxyl groups excluding tert-OH is 3. The zero-order valence-electron chi connectivity index (χ0n) is 16.1. The summed E-state index contributed by atoms with van der Waals surface area (Å²) < 4.78 is 4.58. The molecule has 5 nitrogen and oxygen atoms in total. The first kappa shape index (κ1) is 22.7. The van der Waals surface area contributed by atoms with Crippen LogP contribution in [0.1, 0.15) is 64.7 Å². The monoisotopic (exact) mass is 366 g/mol. The molecule has 5 atom stereocenters. The van der Waals surface area contributed by atoms with Crippen molar-refractivity contribution in [2.75, 3.05) is 7.11 Å². The number of hydrogen-bond acceptors (Lipinski definition) is 5. The summed E-state index contributed by atoms with van der Waals surface area (Å²) in [6.45, 7) is 2.09. The Morgan fingerprint density at radius 3 is 2.65 bits per heavy atom. The Morgan fingerprint density at radius 2 is 1.96 bits per heavy atom. The Hall–Kier alpha value is -1.35. The minimum atomic E-state index is -0.544. The van der Waals surface area contributed by atoms with E-state index in [1.54, 1.807) is 6.08 Å². The van der Waals surface area contributed by atoms with Crippen molar-refractivity contribution in [3.05, 3.63) is 12.2 Å². The Kier molecular flexibility index (Phi) is 11.3. The normalized spacial score (nSPS) is 26.5. The standard InChI is InChI=1S/C21H34O5/c1-3-4-10-16(22)11-9-13-18-17(19(23)15-20(18)24)12-7-5-6-8-14-21(25)26-2/h9,11,16-20,22-24H,3-4,6,8,10,12-15H2,1-2H3/b11-9+/t16-,17+,18-,19+,20-/m1/s1. The van der Waals surface area contributed by atoms with E-state index in [2.05, 4.69) is 23.5 Å². The number of allylic oxidation sites excluding steroid dienone is 1. The third-order valence-corrected chi connectivity index (χ3v) is 5.01. The third-order valence-electron chi connectivity index (χ3n) is 5.01. The predicted octanol–water partition coefficient (Wildman–Crippen LogP) is 2.58. The maximum absolute atomic E-state index is 11.0. The van der Waals surface area contributed by atoms with Crippen LogP contribution in [0.15, 0.2) is 12.2 Å². The van der Waals surface area contributed by atoms with Crippen molar-refractivity contribution in [3.8, 4) is 11.8 Å². The molecule has 0 aromatic heterocycles. The molecule has 0 aromatic rings. The molecule has 0 unspecified atom stereocenters. The Morgan fingerprint density at radius 1 is 1.23 bits per heavy atom. The molecule has 0 heterocycles. The van der Waals surface area contributed by atoms with Crippen molar-refractivity contribution in [1.82, 2.24) is 0 Å². The van der Waals surface area contributed by atoms with Crippen LogP contribution in [0.25, 0.3) is 0 Å². The van der Waals surface area contributed by atoms with Gasteiger partial charge in [0.25, 0.3) is 0 Å². The van der Waals surface area contributed by atoms with Crippen molar-refractivity contribution in [1.29, 1.82) is 0 Å². The van der Waals surface area contributed by atoms with Gasteiger partial charge >= 0.3 is 5.97 Å². The number of hydrogen-bond donors (Lipinski definition) is 3. The SMILES string of the molecule is CCCC[C@@H](O)/C=C/C[C@@H]1[C@H](CC#CCCCC(=O)OC)[C@@H](O)C[C@H]1O. The largest absolute Gasteiger partial charge is 0.469 e. The maximum Gasteiger partial charge on any atom is 0.305 e. The van der Waals surface area contributed by atoms with E-state index in [0.29, 0.717) is 38.5 Å². The second-order valence-electron chi connectivity index (χ2n) is 7.06. The minimum Gasteiger partial charge on any atom is -0.469 e. The quantitative estimate of drug-likeness (QED) is 0.239. The van der Waals surface area contributed by atoms with Crippen LogP contribution in [0, 0.1) is 23.7 Å². The number of methoxy groups -OCH3 is 1. The van der Waals surface area contributed by atoms with E-state index in [0.717, 1.165) is 19.3 Å². The lowest BCUT2D eigenvalue weighted by molar-refractivity contribution is -0.140. The molecule has 0 spiro atoms. The Labute approximate surface area is 157 Å². The molecule has 0 amide bonds. The molecule has 0 radical (unpaired) electrons. The number of carbonyl (C=O) groups excluding carboxylic acids is 1. The average Bonchev–Trinajstić information content (AvgIpc) is 2.89. The lowest BCUT2D eigenvalue weighted by atomic mass is 9.88. The van der Waals surface area contributed by atoms with Gasteiger partial charge < -0.3 is 20.1 Å². The number of ether oxygens (including phenoxy) is 1. The summed E-state index contributed by atoms with van der Waals surface area (Å²) in [6, 6.07) is 0. The molecular formula is C21H34O5. The third kappa shape index (κ3) is 8.35. The van der Waals surface area contributed by atoms with Gasteiger partial charge in [-0.05, 0) is 31.6 Å². The van der Waals surface area contributed by atoms with Gasteiger partial charge in [-0.1, -0.05) is 31.9 Å². The summed E-state index contributed by atoms with van der Waals surface area (Å²) in [4.78, 5) is 11.0. The highest BCUT2D eigenvalue weighted by atomic mass is 16.5. The number of carbonyl (C=O) groups is 1. The van der Waals surface area contributed by atoms with Crippen molar-refractivity contribution in [3.63, 3.8) is 0 Å². The first-order valence-electron chi connectivity index (χ1n) is 9.73. The topological polar surface area (TPSA) is 87.0 Å². The summed E-state index contributed by atoms with van der Waals surface area (Å²) >= 11 is 0. The van der Waals surface area contributed by atoms with Gasteiger partial charge in [0.1, 0.15) is 0 Å². The second-order valence-corrected chi connectivity index (χ2v) is 7.06. The van der Waals surface area contributed by atoms with E-state index in [1.165, 1.54) is 7.11 Å². The average molecular weight is 366 g/mol. The fourth-order valence-corrected chi connectivity index (χ4v) is 3.39.